The molecule has 5 nitrogen and oxygen atoms in total. The lowest BCUT2D eigenvalue weighted by molar-refractivity contribution is 0.0789. The van der Waals surface area contributed by atoms with Crippen molar-refractivity contribution < 1.29 is 12.8 Å². The molecule has 0 bridgehead atoms. The second-order valence-electron chi connectivity index (χ2n) is 5.44. The fraction of sp³-hybridized carbons (Fsp3) is 0.538. The topological polar surface area (TPSA) is 75.4 Å². The molecule has 3 N–H and O–H groups in total. The molecule has 2 unspecified atom stereocenters. The number of anilines is 1. The van der Waals surface area contributed by atoms with E-state index in [0.717, 1.165) is 25.3 Å². The molecule has 0 aliphatic carbocycles. The maximum atomic E-state index is 14.0. The zero-order valence-electron chi connectivity index (χ0n) is 11.9. The molecule has 1 aromatic rings. The Morgan fingerprint density at radius 2 is 1.90 bits per heavy atom. The van der Waals surface area contributed by atoms with E-state index in [9.17, 15) is 12.8 Å². The molecule has 1 fully saturated rings. The van der Waals surface area contributed by atoms with Crippen LogP contribution in [-0.4, -0.2) is 25.5 Å². The van der Waals surface area contributed by atoms with Crippen LogP contribution in [0.1, 0.15) is 33.1 Å². The van der Waals surface area contributed by atoms with Gasteiger partial charge in [0, 0.05) is 17.1 Å². The number of nitrogen functional groups attached to an aromatic ring is 1. The van der Waals surface area contributed by atoms with Crippen molar-refractivity contribution in [2.24, 2.45) is 0 Å². The number of nitrogens with one attached hydrogen (secondary N) is 1. The molecule has 8 heteroatoms. The molecule has 1 saturated heterocycles. The van der Waals surface area contributed by atoms with Crippen LogP contribution in [0.3, 0.4) is 0 Å². The number of sulfonamides is 1. The predicted octanol–water partition coefficient (Wildman–Crippen LogP) is 2.52. The van der Waals surface area contributed by atoms with Crippen LogP contribution < -0.4 is 10.6 Å². The Morgan fingerprint density at radius 1 is 1.33 bits per heavy atom. The van der Waals surface area contributed by atoms with Gasteiger partial charge in [-0.2, -0.15) is 0 Å². The van der Waals surface area contributed by atoms with E-state index in [0.29, 0.717) is 0 Å². The average Bonchev–Trinajstić information content (AvgIpc) is 2.38. The zero-order chi connectivity index (χ0) is 15.8. The molecule has 2 rings (SSSR count). The van der Waals surface area contributed by atoms with Crippen LogP contribution in [0.25, 0.3) is 0 Å². The lowest BCUT2D eigenvalue weighted by Crippen LogP contribution is -2.54. The molecule has 0 aromatic heterocycles. The minimum absolute atomic E-state index is 0.0446. The predicted molar refractivity (Wildman–Crippen MR) is 80.8 cm³/mol. The van der Waals surface area contributed by atoms with Crippen LogP contribution in [0.5, 0.6) is 0 Å². The molecule has 21 heavy (non-hydrogen) atoms. The Bertz CT molecular complexity index is 629. The Kier molecular flexibility index (Phi) is 4.77. The maximum Gasteiger partial charge on any atom is 0.256 e. The van der Waals surface area contributed by atoms with Crippen molar-refractivity contribution in [1.29, 1.82) is 0 Å². The summed E-state index contributed by atoms with van der Waals surface area (Å²) in [4.78, 5) is 1.93. The summed E-state index contributed by atoms with van der Waals surface area (Å²) in [6.45, 7) is 3.86. The van der Waals surface area contributed by atoms with Crippen LogP contribution in [0.15, 0.2) is 17.0 Å². The van der Waals surface area contributed by atoms with Gasteiger partial charge in [-0.15, -0.1) is 4.83 Å². The number of halogens is 2. The van der Waals surface area contributed by atoms with Crippen LogP contribution >= 0.6 is 11.6 Å². The largest absolute Gasteiger partial charge is 0.396 e. The zero-order valence-corrected chi connectivity index (χ0v) is 13.5. The van der Waals surface area contributed by atoms with Crippen molar-refractivity contribution in [2.75, 3.05) is 5.73 Å². The summed E-state index contributed by atoms with van der Waals surface area (Å²) in [6, 6.07) is 2.34. The molecule has 1 aliphatic heterocycles. The summed E-state index contributed by atoms with van der Waals surface area (Å²) < 4.78 is 38.8. The monoisotopic (exact) mass is 335 g/mol. The van der Waals surface area contributed by atoms with E-state index in [-0.39, 0.29) is 22.8 Å². The number of benzene rings is 1. The lowest BCUT2D eigenvalue weighted by Gasteiger charge is -2.38. The fourth-order valence-electron chi connectivity index (χ4n) is 2.57. The highest BCUT2D eigenvalue weighted by molar-refractivity contribution is 7.89. The number of hydrogen-bond acceptors (Lipinski definition) is 4. The molecular formula is C13H19ClFN3O2S. The number of nitrogens with two attached hydrogens (primary N) is 1. The number of piperidine rings is 1. The summed E-state index contributed by atoms with van der Waals surface area (Å²) in [7, 11) is -4.06. The summed E-state index contributed by atoms with van der Waals surface area (Å²) >= 11 is 5.78. The van der Waals surface area contributed by atoms with Gasteiger partial charge in [-0.05, 0) is 38.8 Å². The van der Waals surface area contributed by atoms with Crippen molar-refractivity contribution in [3.63, 3.8) is 0 Å². The van der Waals surface area contributed by atoms with Crippen molar-refractivity contribution in [2.45, 2.75) is 50.1 Å². The molecule has 0 saturated carbocycles. The molecular weight excluding hydrogens is 317 g/mol. The SMILES string of the molecule is CC1CCCC(C)N1NS(=O)(=O)c1cc(Cl)cc(N)c1F. The number of hydrazine groups is 1. The normalized spacial score (nSPS) is 24.2. The minimum atomic E-state index is -4.06. The first-order chi connectivity index (χ1) is 9.72. The van der Waals surface area contributed by atoms with Gasteiger partial charge < -0.3 is 5.73 Å². The van der Waals surface area contributed by atoms with Crippen LogP contribution in [0, 0.1) is 5.82 Å². The second kappa shape index (κ2) is 6.08. The summed E-state index contributed by atoms with van der Waals surface area (Å²) in [6.07, 6.45) is 2.80. The number of hydrogen-bond donors (Lipinski definition) is 2. The van der Waals surface area contributed by atoms with E-state index in [1.807, 2.05) is 13.8 Å². The van der Waals surface area contributed by atoms with Gasteiger partial charge in [0.15, 0.2) is 5.82 Å². The van der Waals surface area contributed by atoms with Crippen molar-refractivity contribution in [3.05, 3.63) is 23.0 Å². The minimum Gasteiger partial charge on any atom is -0.396 e. The first kappa shape index (κ1) is 16.5. The summed E-state index contributed by atoms with van der Waals surface area (Å²) in [5, 5.41) is 1.73. The standard InChI is InChI=1S/C13H19ClFN3O2S/c1-8-4-3-5-9(2)18(8)17-21(19,20)12-7-10(14)6-11(16)13(12)15/h6-9,17H,3-5,16H2,1-2H3. The Balaban J connectivity index is 2.34. The Morgan fingerprint density at radius 3 is 2.48 bits per heavy atom. The maximum absolute atomic E-state index is 14.0. The van der Waals surface area contributed by atoms with E-state index >= 15 is 0 Å². The van der Waals surface area contributed by atoms with Crippen LogP contribution in [0.4, 0.5) is 10.1 Å². The van der Waals surface area contributed by atoms with Crippen LogP contribution in [0.2, 0.25) is 5.02 Å². The quantitative estimate of drug-likeness (QED) is 0.832. The van der Waals surface area contributed by atoms with Gasteiger partial charge in [0.25, 0.3) is 10.0 Å². The third-order valence-corrected chi connectivity index (χ3v) is 5.29. The summed E-state index contributed by atoms with van der Waals surface area (Å²) in [5.74, 6) is -0.982. The van der Waals surface area contributed by atoms with Crippen LogP contribution in [-0.2, 0) is 10.0 Å². The third kappa shape index (κ3) is 3.48. The molecule has 118 valence electrons. The fourth-order valence-corrected chi connectivity index (χ4v) is 4.23. The van der Waals surface area contributed by atoms with Gasteiger partial charge in [-0.1, -0.05) is 18.0 Å². The first-order valence-corrected chi connectivity index (χ1v) is 8.64. The van der Waals surface area contributed by atoms with E-state index < -0.39 is 20.7 Å². The first-order valence-electron chi connectivity index (χ1n) is 6.77. The van der Waals surface area contributed by atoms with Crippen molar-refractivity contribution in [3.8, 4) is 0 Å². The second-order valence-corrected chi connectivity index (χ2v) is 7.50. The third-order valence-electron chi connectivity index (χ3n) is 3.74. The molecule has 1 heterocycles. The van der Waals surface area contributed by atoms with E-state index in [1.54, 1.807) is 5.01 Å². The van der Waals surface area contributed by atoms with Gasteiger partial charge in [-0.3, -0.25) is 0 Å². The van der Waals surface area contributed by atoms with E-state index in [4.69, 9.17) is 17.3 Å². The molecule has 1 aliphatic rings. The smallest absolute Gasteiger partial charge is 0.256 e. The number of rotatable bonds is 3. The summed E-state index contributed by atoms with van der Waals surface area (Å²) in [5.41, 5.74) is 5.15. The molecule has 1 aromatic carbocycles. The highest BCUT2D eigenvalue weighted by Crippen LogP contribution is 2.27. The highest BCUT2D eigenvalue weighted by Gasteiger charge is 2.31. The molecule has 0 radical (unpaired) electrons. The van der Waals surface area contributed by atoms with Gasteiger partial charge in [0.05, 0.1) is 5.69 Å². The Labute approximate surface area is 129 Å². The van der Waals surface area contributed by atoms with Gasteiger partial charge in [0.1, 0.15) is 4.90 Å². The van der Waals surface area contributed by atoms with Gasteiger partial charge in [-0.25, -0.2) is 17.8 Å². The Hall–Kier alpha value is -0.890. The average molecular weight is 336 g/mol. The van der Waals surface area contributed by atoms with E-state index in [2.05, 4.69) is 4.83 Å². The molecule has 2 atom stereocenters. The van der Waals surface area contributed by atoms with Gasteiger partial charge in [0.2, 0.25) is 0 Å². The molecule has 0 amide bonds. The van der Waals surface area contributed by atoms with Crippen molar-refractivity contribution >= 4 is 27.3 Å². The number of nitrogens with zero attached hydrogens (tertiary/aromatic N) is 1. The highest BCUT2D eigenvalue weighted by atomic mass is 35.5. The van der Waals surface area contributed by atoms with E-state index in [1.165, 1.54) is 6.07 Å². The van der Waals surface area contributed by atoms with Gasteiger partial charge >= 0.3 is 0 Å². The lowest BCUT2D eigenvalue weighted by atomic mass is 10.0. The van der Waals surface area contributed by atoms with Crippen molar-refractivity contribution in [1.82, 2.24) is 9.84 Å². The molecule has 0 spiro atoms.